The summed E-state index contributed by atoms with van der Waals surface area (Å²) in [6, 6.07) is 10.7. The molecule has 0 bridgehead atoms. The van der Waals surface area contributed by atoms with E-state index in [-0.39, 0.29) is 10.9 Å². The lowest BCUT2D eigenvalue weighted by Gasteiger charge is -2.08. The van der Waals surface area contributed by atoms with E-state index in [1.807, 2.05) is 22.6 Å². The molecule has 26 heavy (non-hydrogen) atoms. The summed E-state index contributed by atoms with van der Waals surface area (Å²) >= 11 is 7.87. The van der Waals surface area contributed by atoms with Gasteiger partial charge in [-0.1, -0.05) is 29.8 Å². The highest BCUT2D eigenvalue weighted by atomic mass is 127. The quantitative estimate of drug-likeness (QED) is 0.330. The molecule has 1 aromatic heterocycles. The van der Waals surface area contributed by atoms with Gasteiger partial charge >= 0.3 is 6.03 Å². The fourth-order valence-electron chi connectivity index (χ4n) is 2.35. The summed E-state index contributed by atoms with van der Waals surface area (Å²) in [4.78, 5) is 38.9. The molecule has 0 atom stereocenters. The lowest BCUT2D eigenvalue weighted by molar-refractivity contribution is 0.262. The van der Waals surface area contributed by atoms with E-state index in [2.05, 4.69) is 15.6 Å². The van der Waals surface area contributed by atoms with Crippen LogP contribution in [0.3, 0.4) is 0 Å². The number of para-hydroxylation sites is 1. The highest BCUT2D eigenvalue weighted by molar-refractivity contribution is 14.1. The number of benzene rings is 2. The van der Waals surface area contributed by atoms with Crippen LogP contribution in [0.1, 0.15) is 0 Å². The maximum Gasteiger partial charge on any atom is 0.323 e. The van der Waals surface area contributed by atoms with Crippen molar-refractivity contribution in [3.8, 4) is 5.75 Å². The molecule has 3 aromatic rings. The number of hydrogen-bond donors (Lipinski definition) is 4. The maximum absolute atomic E-state index is 12.3. The first-order valence-electron chi connectivity index (χ1n) is 7.28. The van der Waals surface area contributed by atoms with Crippen LogP contribution < -0.4 is 21.6 Å². The number of fused-ring (bicyclic) bond motifs is 1. The van der Waals surface area contributed by atoms with E-state index in [0.29, 0.717) is 14.3 Å². The molecule has 0 spiro atoms. The average molecular weight is 484 g/mol. The Morgan fingerprint density at radius 1 is 1.12 bits per heavy atom. The smallest absolute Gasteiger partial charge is 0.323 e. The Morgan fingerprint density at radius 2 is 1.81 bits per heavy atom. The van der Waals surface area contributed by atoms with Crippen LogP contribution in [0.5, 0.6) is 5.75 Å². The van der Waals surface area contributed by atoms with Gasteiger partial charge in [0.2, 0.25) is 0 Å². The van der Waals surface area contributed by atoms with Gasteiger partial charge in [0.15, 0.2) is 5.75 Å². The van der Waals surface area contributed by atoms with Crippen molar-refractivity contribution in [2.45, 2.75) is 0 Å². The van der Waals surface area contributed by atoms with Gasteiger partial charge in [0.1, 0.15) is 5.69 Å². The van der Waals surface area contributed by atoms with Crippen LogP contribution in [0.2, 0.25) is 5.02 Å². The van der Waals surface area contributed by atoms with Crippen molar-refractivity contribution in [3.05, 3.63) is 71.6 Å². The Labute approximate surface area is 165 Å². The number of aromatic nitrogens is 1. The van der Waals surface area contributed by atoms with Crippen molar-refractivity contribution < 1.29 is 9.90 Å². The summed E-state index contributed by atoms with van der Waals surface area (Å²) in [5.41, 5.74) is -1.93. The molecule has 1 heterocycles. The Balaban J connectivity index is 2.13. The van der Waals surface area contributed by atoms with E-state index < -0.39 is 28.5 Å². The van der Waals surface area contributed by atoms with Gasteiger partial charge in [0, 0.05) is 14.3 Å². The molecule has 7 nitrogen and oxygen atoms in total. The number of urea groups is 1. The first-order valence-corrected chi connectivity index (χ1v) is 8.74. The zero-order chi connectivity index (χ0) is 18.8. The number of carbonyl (C=O) groups excluding carboxylic acids is 1. The van der Waals surface area contributed by atoms with Crippen molar-refractivity contribution in [2.75, 3.05) is 10.6 Å². The number of H-pyrrole nitrogens is 1. The molecule has 2 amide bonds. The Bertz CT molecular complexity index is 1130. The number of halogens is 2. The molecule has 132 valence electrons. The van der Waals surface area contributed by atoms with E-state index in [1.54, 1.807) is 36.4 Å². The first-order chi connectivity index (χ1) is 12.4. The van der Waals surface area contributed by atoms with Gasteiger partial charge in [0.05, 0.1) is 10.9 Å². The SMILES string of the molecule is O=C(Nc1ccccc1)Nc1c(O)c2c(I)cc(Cl)cc2[nH]c(=O)c1=O. The summed E-state index contributed by atoms with van der Waals surface area (Å²) in [5, 5.41) is 15.8. The van der Waals surface area contributed by atoms with E-state index in [4.69, 9.17) is 11.6 Å². The van der Waals surface area contributed by atoms with Gasteiger partial charge in [-0.05, 0) is 46.9 Å². The number of amides is 2. The predicted octanol–water partition coefficient (Wildman–Crippen LogP) is 3.50. The largest absolute Gasteiger partial charge is 0.505 e. The van der Waals surface area contributed by atoms with E-state index in [1.165, 1.54) is 6.07 Å². The number of carbonyl (C=O) groups is 1. The van der Waals surface area contributed by atoms with Gasteiger partial charge in [-0.3, -0.25) is 9.59 Å². The Hall–Kier alpha value is -2.59. The molecule has 0 saturated heterocycles. The van der Waals surface area contributed by atoms with Gasteiger partial charge < -0.3 is 20.7 Å². The summed E-state index contributed by atoms with van der Waals surface area (Å²) in [6.45, 7) is 0. The van der Waals surface area contributed by atoms with Crippen LogP contribution in [0.4, 0.5) is 16.2 Å². The zero-order valence-electron chi connectivity index (χ0n) is 13.0. The second kappa shape index (κ2) is 7.34. The standard InChI is InChI=1S/C17H11ClIN3O4/c18-8-6-10(19)12-11(7-8)21-16(25)15(24)13(14(12)23)22-17(26)20-9-4-2-1-3-5-9/h1-7H,(H4,20,21,22,23,24,25,26). The van der Waals surface area contributed by atoms with Crippen molar-refractivity contribution in [1.82, 2.24) is 4.98 Å². The number of hydrogen-bond acceptors (Lipinski definition) is 4. The van der Waals surface area contributed by atoms with Crippen molar-refractivity contribution in [1.29, 1.82) is 0 Å². The molecule has 0 aliphatic rings. The minimum atomic E-state index is -1.08. The second-order valence-corrected chi connectivity index (χ2v) is 6.86. The van der Waals surface area contributed by atoms with E-state index in [0.717, 1.165) is 0 Å². The van der Waals surface area contributed by atoms with Crippen molar-refractivity contribution >= 4 is 62.5 Å². The van der Waals surface area contributed by atoms with Crippen LogP contribution in [0.15, 0.2) is 52.1 Å². The fourth-order valence-corrected chi connectivity index (χ4v) is 3.64. The number of anilines is 2. The molecule has 0 saturated carbocycles. The summed E-state index contributed by atoms with van der Waals surface area (Å²) in [6.07, 6.45) is 0. The van der Waals surface area contributed by atoms with Crippen molar-refractivity contribution in [2.24, 2.45) is 0 Å². The first kappa shape index (κ1) is 18.2. The molecule has 0 aliphatic heterocycles. The third-order valence-electron chi connectivity index (χ3n) is 3.48. The summed E-state index contributed by atoms with van der Waals surface area (Å²) < 4.78 is 0.500. The highest BCUT2D eigenvalue weighted by Crippen LogP contribution is 2.33. The molecule has 0 fully saturated rings. The third kappa shape index (κ3) is 3.65. The molecule has 0 radical (unpaired) electrons. The number of rotatable bonds is 2. The maximum atomic E-state index is 12.3. The zero-order valence-corrected chi connectivity index (χ0v) is 15.9. The molecule has 2 aromatic carbocycles. The van der Waals surface area contributed by atoms with Crippen molar-refractivity contribution in [3.63, 3.8) is 0 Å². The fraction of sp³-hybridized carbons (Fsp3) is 0. The van der Waals surface area contributed by atoms with Crippen LogP contribution in [-0.4, -0.2) is 16.1 Å². The van der Waals surface area contributed by atoms with Crippen LogP contribution in [0.25, 0.3) is 10.9 Å². The number of nitrogens with one attached hydrogen (secondary N) is 3. The van der Waals surface area contributed by atoms with Crippen LogP contribution >= 0.6 is 34.2 Å². The molecule has 0 unspecified atom stereocenters. The number of aromatic hydroxyl groups is 1. The molecule has 4 N–H and O–H groups in total. The lowest BCUT2D eigenvalue weighted by atomic mass is 10.2. The third-order valence-corrected chi connectivity index (χ3v) is 4.55. The minimum absolute atomic E-state index is 0.179. The van der Waals surface area contributed by atoms with E-state index >= 15 is 0 Å². The Morgan fingerprint density at radius 3 is 2.50 bits per heavy atom. The molecule has 0 aliphatic carbocycles. The van der Waals surface area contributed by atoms with Gasteiger partial charge in [0.25, 0.3) is 11.0 Å². The minimum Gasteiger partial charge on any atom is -0.505 e. The average Bonchev–Trinajstić information content (AvgIpc) is 2.66. The number of aromatic amines is 1. The normalized spacial score (nSPS) is 10.5. The lowest BCUT2D eigenvalue weighted by Crippen LogP contribution is -2.30. The van der Waals surface area contributed by atoms with Crippen LogP contribution in [-0.2, 0) is 0 Å². The molecular formula is C17H11ClIN3O4. The van der Waals surface area contributed by atoms with Gasteiger partial charge in [-0.15, -0.1) is 0 Å². The molecule has 9 heteroatoms. The summed E-state index contributed by atoms with van der Waals surface area (Å²) in [7, 11) is 0. The topological polar surface area (TPSA) is 111 Å². The monoisotopic (exact) mass is 483 g/mol. The summed E-state index contributed by atoms with van der Waals surface area (Å²) in [5.74, 6) is -0.521. The molecule has 3 rings (SSSR count). The van der Waals surface area contributed by atoms with E-state index in [9.17, 15) is 19.5 Å². The molecular weight excluding hydrogens is 473 g/mol. The second-order valence-electron chi connectivity index (χ2n) is 5.26. The van der Waals surface area contributed by atoms with Gasteiger partial charge in [-0.25, -0.2) is 4.79 Å². The predicted molar refractivity (Wildman–Crippen MR) is 109 cm³/mol. The van der Waals surface area contributed by atoms with Crippen LogP contribution in [0, 0.1) is 3.57 Å². The highest BCUT2D eigenvalue weighted by Gasteiger charge is 2.17. The van der Waals surface area contributed by atoms with Gasteiger partial charge in [-0.2, -0.15) is 0 Å². The Kier molecular flexibility index (Phi) is 5.14.